The molecule has 1 aromatic rings. The Kier molecular flexibility index (Phi) is 5.40. The first-order chi connectivity index (χ1) is 9.65. The molecule has 0 aliphatic carbocycles. The lowest BCUT2D eigenvalue weighted by Crippen LogP contribution is -2.43. The molecule has 1 unspecified atom stereocenters. The van der Waals surface area contributed by atoms with E-state index in [9.17, 15) is 4.79 Å². The molecule has 1 aromatic carbocycles. The van der Waals surface area contributed by atoms with Gasteiger partial charge in [-0.2, -0.15) is 0 Å². The summed E-state index contributed by atoms with van der Waals surface area (Å²) in [5.74, 6) is 0.292. The summed E-state index contributed by atoms with van der Waals surface area (Å²) in [4.78, 5) is 14.0. The minimum Gasteiger partial charge on any atom is -0.359 e. The van der Waals surface area contributed by atoms with E-state index in [1.165, 1.54) is 5.56 Å². The van der Waals surface area contributed by atoms with Gasteiger partial charge in [0.2, 0.25) is 5.91 Å². The van der Waals surface area contributed by atoms with E-state index in [4.69, 9.17) is 17.3 Å². The summed E-state index contributed by atoms with van der Waals surface area (Å²) in [6, 6.07) is 8.07. The van der Waals surface area contributed by atoms with Crippen LogP contribution >= 0.6 is 11.6 Å². The van der Waals surface area contributed by atoms with Gasteiger partial charge in [0, 0.05) is 30.6 Å². The molecule has 2 rings (SSSR count). The molecule has 0 aromatic heterocycles. The number of halogens is 1. The molecule has 1 amide bonds. The Balaban J connectivity index is 2.00. The molecule has 0 bridgehead atoms. The lowest BCUT2D eigenvalue weighted by molar-refractivity contribution is -0.126. The summed E-state index contributed by atoms with van der Waals surface area (Å²) in [7, 11) is 1.70. The zero-order valence-corrected chi connectivity index (χ0v) is 12.6. The van der Waals surface area contributed by atoms with Crippen molar-refractivity contribution in [1.82, 2.24) is 10.2 Å². The standard InChI is InChI=1S/C15H22ClN3O/c1-18-15(20)12-6-8-19(9-7-12)14(10-17)11-2-4-13(16)5-3-11/h2-5,12,14H,6-10,17H2,1H3,(H,18,20). The third-order valence-electron chi connectivity index (χ3n) is 4.07. The van der Waals surface area contributed by atoms with Crippen molar-refractivity contribution >= 4 is 17.5 Å². The van der Waals surface area contributed by atoms with E-state index in [1.54, 1.807) is 7.05 Å². The minimum atomic E-state index is 0.139. The number of carbonyl (C=O) groups is 1. The zero-order chi connectivity index (χ0) is 14.5. The van der Waals surface area contributed by atoms with Crippen LogP contribution in [0.4, 0.5) is 0 Å². The monoisotopic (exact) mass is 295 g/mol. The molecule has 4 nitrogen and oxygen atoms in total. The highest BCUT2D eigenvalue weighted by Gasteiger charge is 2.28. The Morgan fingerprint density at radius 3 is 2.50 bits per heavy atom. The van der Waals surface area contributed by atoms with Gasteiger partial charge in [0.15, 0.2) is 0 Å². The first kappa shape index (κ1) is 15.3. The number of carbonyl (C=O) groups excluding carboxylic acids is 1. The van der Waals surface area contributed by atoms with Gasteiger partial charge in [-0.1, -0.05) is 23.7 Å². The molecule has 1 aliphatic heterocycles. The van der Waals surface area contributed by atoms with Gasteiger partial charge in [0.1, 0.15) is 0 Å². The van der Waals surface area contributed by atoms with E-state index in [2.05, 4.69) is 10.2 Å². The van der Waals surface area contributed by atoms with Crippen LogP contribution in [0.25, 0.3) is 0 Å². The largest absolute Gasteiger partial charge is 0.359 e. The number of amides is 1. The van der Waals surface area contributed by atoms with Gasteiger partial charge in [-0.05, 0) is 43.6 Å². The Bertz CT molecular complexity index is 441. The van der Waals surface area contributed by atoms with Crippen molar-refractivity contribution in [3.8, 4) is 0 Å². The van der Waals surface area contributed by atoms with Gasteiger partial charge >= 0.3 is 0 Å². The van der Waals surface area contributed by atoms with Crippen molar-refractivity contribution in [1.29, 1.82) is 0 Å². The molecule has 1 fully saturated rings. The van der Waals surface area contributed by atoms with E-state index >= 15 is 0 Å². The highest BCUT2D eigenvalue weighted by atomic mass is 35.5. The smallest absolute Gasteiger partial charge is 0.222 e. The maximum atomic E-state index is 11.7. The summed E-state index contributed by atoms with van der Waals surface area (Å²) < 4.78 is 0. The number of nitrogens with two attached hydrogens (primary N) is 1. The maximum absolute atomic E-state index is 11.7. The molecule has 0 saturated carbocycles. The molecule has 1 atom stereocenters. The van der Waals surface area contributed by atoms with Crippen molar-refractivity contribution in [2.75, 3.05) is 26.7 Å². The SMILES string of the molecule is CNC(=O)C1CCN(C(CN)c2ccc(Cl)cc2)CC1. The molecule has 1 heterocycles. The molecule has 20 heavy (non-hydrogen) atoms. The quantitative estimate of drug-likeness (QED) is 0.890. The molecule has 0 radical (unpaired) electrons. The van der Waals surface area contributed by atoms with E-state index < -0.39 is 0 Å². The third kappa shape index (κ3) is 3.51. The molecule has 1 aliphatic rings. The van der Waals surface area contributed by atoms with Crippen LogP contribution in [0.5, 0.6) is 0 Å². The highest BCUT2D eigenvalue weighted by Crippen LogP contribution is 2.27. The Labute approximate surface area is 125 Å². The van der Waals surface area contributed by atoms with Crippen molar-refractivity contribution < 1.29 is 4.79 Å². The molecule has 1 saturated heterocycles. The number of nitrogens with one attached hydrogen (secondary N) is 1. The summed E-state index contributed by atoms with van der Waals surface area (Å²) >= 11 is 5.93. The van der Waals surface area contributed by atoms with E-state index in [1.807, 2.05) is 24.3 Å². The second-order valence-electron chi connectivity index (χ2n) is 5.23. The fraction of sp³-hybridized carbons (Fsp3) is 0.533. The topological polar surface area (TPSA) is 58.4 Å². The molecule has 5 heteroatoms. The maximum Gasteiger partial charge on any atom is 0.222 e. The van der Waals surface area contributed by atoms with Crippen LogP contribution < -0.4 is 11.1 Å². The first-order valence-corrected chi connectivity index (χ1v) is 7.44. The van der Waals surface area contributed by atoms with Gasteiger partial charge in [0.05, 0.1) is 0 Å². The predicted octanol–water partition coefficient (Wildman–Crippen LogP) is 1.80. The number of rotatable bonds is 4. The van der Waals surface area contributed by atoms with Gasteiger partial charge in [0.25, 0.3) is 0 Å². The average molecular weight is 296 g/mol. The van der Waals surface area contributed by atoms with Crippen molar-refractivity contribution in [2.45, 2.75) is 18.9 Å². The summed E-state index contributed by atoms with van der Waals surface area (Å²) in [6.45, 7) is 2.39. The number of nitrogens with zero attached hydrogens (tertiary/aromatic N) is 1. The number of benzene rings is 1. The van der Waals surface area contributed by atoms with Crippen LogP contribution in [-0.2, 0) is 4.79 Å². The van der Waals surface area contributed by atoms with Gasteiger partial charge in [-0.15, -0.1) is 0 Å². The number of piperidine rings is 1. The van der Waals surface area contributed by atoms with Crippen LogP contribution in [0.15, 0.2) is 24.3 Å². The van der Waals surface area contributed by atoms with Crippen LogP contribution in [0, 0.1) is 5.92 Å². The summed E-state index contributed by atoms with van der Waals surface area (Å²) in [5, 5.41) is 3.47. The highest BCUT2D eigenvalue weighted by molar-refractivity contribution is 6.30. The Morgan fingerprint density at radius 1 is 1.40 bits per heavy atom. The number of hydrogen-bond acceptors (Lipinski definition) is 3. The number of hydrogen-bond donors (Lipinski definition) is 2. The number of likely N-dealkylation sites (tertiary alicyclic amines) is 1. The van der Waals surface area contributed by atoms with Gasteiger partial charge in [-0.3, -0.25) is 9.69 Å². The van der Waals surface area contributed by atoms with Crippen molar-refractivity contribution in [3.63, 3.8) is 0 Å². The molecule has 110 valence electrons. The second-order valence-corrected chi connectivity index (χ2v) is 5.66. The second kappa shape index (κ2) is 7.07. The van der Waals surface area contributed by atoms with Crippen LogP contribution in [0.3, 0.4) is 0 Å². The van der Waals surface area contributed by atoms with Gasteiger partial charge < -0.3 is 11.1 Å². The summed E-state index contributed by atoms with van der Waals surface area (Å²) in [6.07, 6.45) is 1.79. The minimum absolute atomic E-state index is 0.139. The predicted molar refractivity (Wildman–Crippen MR) is 81.6 cm³/mol. The zero-order valence-electron chi connectivity index (χ0n) is 11.8. The lowest BCUT2D eigenvalue weighted by atomic mass is 9.93. The lowest BCUT2D eigenvalue weighted by Gasteiger charge is -2.36. The van der Waals surface area contributed by atoms with Crippen molar-refractivity contribution in [2.24, 2.45) is 11.7 Å². The Hall–Kier alpha value is -1.10. The van der Waals surface area contributed by atoms with Crippen LogP contribution in [0.2, 0.25) is 5.02 Å². The molecular weight excluding hydrogens is 274 g/mol. The average Bonchev–Trinajstić information content (AvgIpc) is 2.50. The molecule has 3 N–H and O–H groups in total. The third-order valence-corrected chi connectivity index (χ3v) is 4.32. The molecule has 0 spiro atoms. The van der Waals surface area contributed by atoms with Crippen LogP contribution in [-0.4, -0.2) is 37.5 Å². The van der Waals surface area contributed by atoms with Crippen molar-refractivity contribution in [3.05, 3.63) is 34.9 Å². The van der Waals surface area contributed by atoms with E-state index in [0.717, 1.165) is 31.0 Å². The fourth-order valence-corrected chi connectivity index (χ4v) is 2.98. The van der Waals surface area contributed by atoms with Crippen LogP contribution in [0.1, 0.15) is 24.4 Å². The molecular formula is C15H22ClN3O. The summed E-state index contributed by atoms with van der Waals surface area (Å²) in [5.41, 5.74) is 7.13. The fourth-order valence-electron chi connectivity index (χ4n) is 2.86. The van der Waals surface area contributed by atoms with Gasteiger partial charge in [-0.25, -0.2) is 0 Å². The van der Waals surface area contributed by atoms with E-state index in [0.29, 0.717) is 6.54 Å². The first-order valence-electron chi connectivity index (χ1n) is 7.07. The van der Waals surface area contributed by atoms with E-state index in [-0.39, 0.29) is 17.9 Å². The normalized spacial score (nSPS) is 18.8. The Morgan fingerprint density at radius 2 is 2.00 bits per heavy atom.